The third kappa shape index (κ3) is 4.97. The number of carbonyl (C=O) groups excluding carboxylic acids is 1. The van der Waals surface area contributed by atoms with Gasteiger partial charge >= 0.3 is 5.97 Å². The molecule has 0 bridgehead atoms. The molecule has 0 heterocycles. The molecule has 0 atom stereocenters. The highest BCUT2D eigenvalue weighted by atomic mass is 19.1. The van der Waals surface area contributed by atoms with Crippen LogP contribution in [0.5, 0.6) is 17.2 Å². The Morgan fingerprint density at radius 3 is 2.44 bits per heavy atom. The van der Waals surface area contributed by atoms with Crippen LogP contribution in [-0.2, 0) is 16.1 Å². The van der Waals surface area contributed by atoms with Gasteiger partial charge in [-0.25, -0.2) is 9.18 Å². The van der Waals surface area contributed by atoms with Crippen molar-refractivity contribution in [2.45, 2.75) is 6.61 Å². The Morgan fingerprint density at radius 1 is 1.00 bits per heavy atom. The summed E-state index contributed by atoms with van der Waals surface area (Å²) in [6.45, 7) is -0.0934. The summed E-state index contributed by atoms with van der Waals surface area (Å²) < 4.78 is 33.9. The van der Waals surface area contributed by atoms with Gasteiger partial charge in [-0.15, -0.1) is 0 Å². The molecule has 0 aliphatic carbocycles. The molecule has 0 N–H and O–H groups in total. The predicted molar refractivity (Wildman–Crippen MR) is 91.3 cm³/mol. The van der Waals surface area contributed by atoms with Crippen LogP contribution in [0.4, 0.5) is 4.39 Å². The molecule has 0 spiro atoms. The largest absolute Gasteiger partial charge is 0.497 e. The molecule has 0 saturated carbocycles. The highest BCUT2D eigenvalue weighted by Crippen LogP contribution is 2.25. The number of benzene rings is 2. The number of hydrogen-bond donors (Lipinski definition) is 0. The maximum Gasteiger partial charge on any atom is 0.331 e. The molecule has 0 radical (unpaired) electrons. The molecule has 0 aromatic heterocycles. The Bertz CT molecular complexity index is 770. The fraction of sp³-hybridized carbons (Fsp3) is 0.211. The molecule has 2 aromatic rings. The first-order chi connectivity index (χ1) is 12.1. The summed E-state index contributed by atoms with van der Waals surface area (Å²) in [6.07, 6.45) is 2.85. The van der Waals surface area contributed by atoms with E-state index in [1.54, 1.807) is 31.4 Å². The molecule has 6 heteroatoms. The standard InChI is InChI=1S/C19H19FO5/c1-22-16-7-4-13(18(11-16)24-3)5-9-19(21)25-12-14-10-15(20)6-8-17(14)23-2/h4-11H,12H2,1-3H3/b9-5+. The summed E-state index contributed by atoms with van der Waals surface area (Å²) >= 11 is 0. The smallest absolute Gasteiger partial charge is 0.331 e. The number of methoxy groups -OCH3 is 3. The van der Waals surface area contributed by atoms with Crippen molar-refractivity contribution in [2.24, 2.45) is 0 Å². The molecule has 0 aliphatic rings. The Labute approximate surface area is 145 Å². The van der Waals surface area contributed by atoms with E-state index in [0.717, 1.165) is 0 Å². The summed E-state index contributed by atoms with van der Waals surface area (Å²) in [4.78, 5) is 11.9. The van der Waals surface area contributed by atoms with E-state index in [1.165, 1.54) is 38.5 Å². The number of rotatable bonds is 7. The van der Waals surface area contributed by atoms with Crippen molar-refractivity contribution in [3.63, 3.8) is 0 Å². The van der Waals surface area contributed by atoms with Gasteiger partial charge in [0.25, 0.3) is 0 Å². The van der Waals surface area contributed by atoms with Crippen LogP contribution in [-0.4, -0.2) is 27.3 Å². The Morgan fingerprint density at radius 2 is 1.76 bits per heavy atom. The minimum absolute atomic E-state index is 0.0934. The minimum Gasteiger partial charge on any atom is -0.497 e. The number of halogens is 1. The second-order valence-corrected chi connectivity index (χ2v) is 5.01. The fourth-order valence-electron chi connectivity index (χ4n) is 2.17. The molecule has 132 valence electrons. The lowest BCUT2D eigenvalue weighted by atomic mass is 10.1. The van der Waals surface area contributed by atoms with Crippen LogP contribution < -0.4 is 14.2 Å². The average molecular weight is 346 g/mol. The second-order valence-electron chi connectivity index (χ2n) is 5.01. The Kier molecular flexibility index (Phi) is 6.39. The highest BCUT2D eigenvalue weighted by Gasteiger charge is 2.08. The van der Waals surface area contributed by atoms with E-state index in [4.69, 9.17) is 18.9 Å². The van der Waals surface area contributed by atoms with Gasteiger partial charge in [-0.2, -0.15) is 0 Å². The first kappa shape index (κ1) is 18.3. The van der Waals surface area contributed by atoms with Crippen molar-refractivity contribution in [1.82, 2.24) is 0 Å². The van der Waals surface area contributed by atoms with Gasteiger partial charge < -0.3 is 18.9 Å². The van der Waals surface area contributed by atoms with Crippen LogP contribution in [0.3, 0.4) is 0 Å². The molecule has 0 saturated heterocycles. The monoisotopic (exact) mass is 346 g/mol. The van der Waals surface area contributed by atoms with Crippen LogP contribution in [0.2, 0.25) is 0 Å². The molecule has 0 amide bonds. The van der Waals surface area contributed by atoms with Crippen LogP contribution in [0.1, 0.15) is 11.1 Å². The number of hydrogen-bond acceptors (Lipinski definition) is 5. The van der Waals surface area contributed by atoms with Gasteiger partial charge in [0.15, 0.2) is 0 Å². The highest BCUT2D eigenvalue weighted by molar-refractivity contribution is 5.87. The first-order valence-electron chi connectivity index (χ1n) is 7.46. The first-order valence-corrected chi connectivity index (χ1v) is 7.46. The summed E-state index contributed by atoms with van der Waals surface area (Å²) in [5, 5.41) is 0. The van der Waals surface area contributed by atoms with Gasteiger partial charge in [0.05, 0.1) is 21.3 Å². The van der Waals surface area contributed by atoms with Crippen molar-refractivity contribution < 1.29 is 28.1 Å². The molecule has 2 aromatic carbocycles. The van der Waals surface area contributed by atoms with Crippen molar-refractivity contribution in [3.05, 3.63) is 59.4 Å². The number of ether oxygens (including phenoxy) is 4. The minimum atomic E-state index is -0.566. The van der Waals surface area contributed by atoms with Gasteiger partial charge in [-0.1, -0.05) is 0 Å². The molecule has 25 heavy (non-hydrogen) atoms. The van der Waals surface area contributed by atoms with Crippen molar-refractivity contribution >= 4 is 12.0 Å². The number of esters is 1. The third-order valence-corrected chi connectivity index (χ3v) is 3.45. The van der Waals surface area contributed by atoms with Gasteiger partial charge in [-0.3, -0.25) is 0 Å². The zero-order valence-electron chi connectivity index (χ0n) is 14.2. The van der Waals surface area contributed by atoms with E-state index in [-0.39, 0.29) is 6.61 Å². The normalized spacial score (nSPS) is 10.6. The molecular formula is C19H19FO5. The fourth-order valence-corrected chi connectivity index (χ4v) is 2.17. The second kappa shape index (κ2) is 8.73. The van der Waals surface area contributed by atoms with Crippen LogP contribution in [0.25, 0.3) is 6.08 Å². The maximum atomic E-state index is 13.3. The van der Waals surface area contributed by atoms with E-state index < -0.39 is 11.8 Å². The zero-order valence-corrected chi connectivity index (χ0v) is 14.2. The lowest BCUT2D eigenvalue weighted by Gasteiger charge is -2.09. The van der Waals surface area contributed by atoms with Crippen LogP contribution in [0, 0.1) is 5.82 Å². The van der Waals surface area contributed by atoms with Crippen LogP contribution in [0.15, 0.2) is 42.5 Å². The molecule has 0 aliphatic heterocycles. The number of carbonyl (C=O) groups is 1. The lowest BCUT2D eigenvalue weighted by Crippen LogP contribution is -2.03. The van der Waals surface area contributed by atoms with Gasteiger partial charge in [0.2, 0.25) is 0 Å². The van der Waals surface area contributed by atoms with Crippen molar-refractivity contribution in [3.8, 4) is 17.2 Å². The van der Waals surface area contributed by atoms with E-state index in [1.807, 2.05) is 0 Å². The summed E-state index contributed by atoms with van der Waals surface area (Å²) in [7, 11) is 4.55. The quantitative estimate of drug-likeness (QED) is 0.566. The van der Waals surface area contributed by atoms with E-state index in [9.17, 15) is 9.18 Å². The van der Waals surface area contributed by atoms with Crippen LogP contribution >= 0.6 is 0 Å². The van der Waals surface area contributed by atoms with Gasteiger partial charge in [0, 0.05) is 23.3 Å². The van der Waals surface area contributed by atoms with E-state index in [2.05, 4.69) is 0 Å². The third-order valence-electron chi connectivity index (χ3n) is 3.45. The topological polar surface area (TPSA) is 54.0 Å². The predicted octanol–water partition coefficient (Wildman–Crippen LogP) is 3.61. The van der Waals surface area contributed by atoms with Crippen molar-refractivity contribution in [2.75, 3.05) is 21.3 Å². The Hall–Kier alpha value is -3.02. The van der Waals surface area contributed by atoms with Gasteiger partial charge in [-0.05, 0) is 36.4 Å². The lowest BCUT2D eigenvalue weighted by molar-refractivity contribution is -0.138. The molecule has 5 nitrogen and oxygen atoms in total. The molecule has 0 unspecified atom stereocenters. The average Bonchev–Trinajstić information content (AvgIpc) is 2.64. The Balaban J connectivity index is 2.03. The summed E-state index contributed by atoms with van der Waals surface area (Å²) in [5.41, 5.74) is 1.15. The van der Waals surface area contributed by atoms with E-state index >= 15 is 0 Å². The van der Waals surface area contributed by atoms with E-state index in [0.29, 0.717) is 28.4 Å². The molecular weight excluding hydrogens is 327 g/mol. The molecule has 0 fully saturated rings. The van der Waals surface area contributed by atoms with Crippen molar-refractivity contribution in [1.29, 1.82) is 0 Å². The summed E-state index contributed by atoms with van der Waals surface area (Å²) in [5.74, 6) is 0.675. The molecule has 2 rings (SSSR count). The summed E-state index contributed by atoms with van der Waals surface area (Å²) in [6, 6.07) is 9.25. The zero-order chi connectivity index (χ0) is 18.2. The SMILES string of the molecule is COc1ccc(/C=C/C(=O)OCc2cc(F)ccc2OC)c(OC)c1. The van der Waals surface area contributed by atoms with Gasteiger partial charge in [0.1, 0.15) is 29.7 Å². The maximum absolute atomic E-state index is 13.3.